The van der Waals surface area contributed by atoms with Gasteiger partial charge in [0.2, 0.25) is 0 Å². The van der Waals surface area contributed by atoms with Crippen LogP contribution in [0, 0.1) is 12.8 Å². The molecule has 0 radical (unpaired) electrons. The molecule has 4 rings (SSSR count). The van der Waals surface area contributed by atoms with Gasteiger partial charge in [-0.25, -0.2) is 4.98 Å². The first-order valence-electron chi connectivity index (χ1n) is 8.01. The molecule has 1 aromatic carbocycles. The fourth-order valence-electron chi connectivity index (χ4n) is 3.91. The average Bonchev–Trinajstić information content (AvgIpc) is 2.95. The fourth-order valence-corrected chi connectivity index (χ4v) is 3.91. The quantitative estimate of drug-likeness (QED) is 0.854. The lowest BCUT2D eigenvalue weighted by Gasteiger charge is -2.32. The number of fused-ring (bicyclic) bond motifs is 1. The highest BCUT2D eigenvalue weighted by molar-refractivity contribution is 5.43. The maximum Gasteiger partial charge on any atom is 0.147 e. The zero-order valence-corrected chi connectivity index (χ0v) is 12.9. The molecule has 2 aliphatic rings. The van der Waals surface area contributed by atoms with E-state index in [1.807, 2.05) is 19.3 Å². The van der Waals surface area contributed by atoms with Crippen LogP contribution in [0.25, 0.3) is 0 Å². The highest BCUT2D eigenvalue weighted by Gasteiger charge is 2.44. The minimum Gasteiger partial charge on any atom is -0.381 e. The van der Waals surface area contributed by atoms with Gasteiger partial charge in [0, 0.05) is 37.2 Å². The van der Waals surface area contributed by atoms with Crippen molar-refractivity contribution in [3.63, 3.8) is 0 Å². The summed E-state index contributed by atoms with van der Waals surface area (Å²) < 4.78 is 5.78. The van der Waals surface area contributed by atoms with Gasteiger partial charge in [0.05, 0.1) is 18.5 Å². The fraction of sp³-hybridized carbons (Fsp3) is 0.444. The zero-order chi connectivity index (χ0) is 14.9. The highest BCUT2D eigenvalue weighted by atomic mass is 16.5. The van der Waals surface area contributed by atoms with E-state index in [0.717, 1.165) is 37.7 Å². The van der Waals surface area contributed by atoms with Crippen LogP contribution < -0.4 is 4.90 Å². The number of rotatable bonds is 2. The smallest absolute Gasteiger partial charge is 0.147 e. The van der Waals surface area contributed by atoms with Gasteiger partial charge >= 0.3 is 0 Å². The van der Waals surface area contributed by atoms with Crippen molar-refractivity contribution in [3.8, 4) is 0 Å². The van der Waals surface area contributed by atoms with Gasteiger partial charge in [-0.3, -0.25) is 4.98 Å². The molecule has 0 unspecified atom stereocenters. The first-order valence-corrected chi connectivity index (χ1v) is 8.01. The predicted molar refractivity (Wildman–Crippen MR) is 86.0 cm³/mol. The van der Waals surface area contributed by atoms with Gasteiger partial charge in [-0.1, -0.05) is 30.3 Å². The summed E-state index contributed by atoms with van der Waals surface area (Å²) in [5.74, 6) is 2.06. The van der Waals surface area contributed by atoms with E-state index >= 15 is 0 Å². The van der Waals surface area contributed by atoms with Crippen LogP contribution >= 0.6 is 0 Å². The molecule has 3 heterocycles. The Morgan fingerprint density at radius 1 is 1.18 bits per heavy atom. The van der Waals surface area contributed by atoms with Gasteiger partial charge in [0.1, 0.15) is 5.82 Å². The molecule has 0 bridgehead atoms. The largest absolute Gasteiger partial charge is 0.381 e. The number of aryl methyl sites for hydroxylation is 1. The van der Waals surface area contributed by atoms with Crippen molar-refractivity contribution in [1.82, 2.24) is 9.97 Å². The Morgan fingerprint density at radius 2 is 2.05 bits per heavy atom. The third-order valence-corrected chi connectivity index (χ3v) is 4.94. The lowest BCUT2D eigenvalue weighted by Crippen LogP contribution is -2.39. The van der Waals surface area contributed by atoms with Crippen LogP contribution in [-0.4, -0.2) is 35.8 Å². The number of aromatic nitrogens is 2. The van der Waals surface area contributed by atoms with E-state index in [0.29, 0.717) is 17.9 Å². The van der Waals surface area contributed by atoms with Crippen LogP contribution in [0.1, 0.15) is 23.6 Å². The molecule has 2 aromatic rings. The molecular weight excluding hydrogens is 274 g/mol. The van der Waals surface area contributed by atoms with E-state index in [4.69, 9.17) is 9.72 Å². The summed E-state index contributed by atoms with van der Waals surface area (Å²) in [6, 6.07) is 11.3. The molecule has 4 heteroatoms. The molecule has 0 N–H and O–H groups in total. The number of hydrogen-bond acceptors (Lipinski definition) is 4. The number of hydrogen-bond donors (Lipinski definition) is 0. The SMILES string of the molecule is Cc1cncc(N2C[C@H](c3ccccc3)[C@H]3COCC[C@@H]32)n1. The lowest BCUT2D eigenvalue weighted by atomic mass is 9.84. The van der Waals surface area contributed by atoms with Gasteiger partial charge in [-0.2, -0.15) is 0 Å². The second-order valence-corrected chi connectivity index (χ2v) is 6.28. The van der Waals surface area contributed by atoms with Crippen LogP contribution in [0.15, 0.2) is 42.7 Å². The van der Waals surface area contributed by atoms with Gasteiger partial charge in [0.25, 0.3) is 0 Å². The summed E-state index contributed by atoms with van der Waals surface area (Å²) >= 11 is 0. The number of nitrogens with zero attached hydrogens (tertiary/aromatic N) is 3. The van der Waals surface area contributed by atoms with E-state index in [1.165, 1.54) is 5.56 Å². The number of anilines is 1. The molecule has 4 nitrogen and oxygen atoms in total. The predicted octanol–water partition coefficient (Wildman–Crippen LogP) is 2.79. The minimum absolute atomic E-state index is 0.508. The number of benzene rings is 1. The molecule has 2 fully saturated rings. The monoisotopic (exact) mass is 295 g/mol. The summed E-state index contributed by atoms with van der Waals surface area (Å²) in [6.07, 6.45) is 4.78. The Hall–Kier alpha value is -1.94. The van der Waals surface area contributed by atoms with Crippen molar-refractivity contribution in [2.45, 2.75) is 25.3 Å². The van der Waals surface area contributed by atoms with Crippen LogP contribution in [0.3, 0.4) is 0 Å². The minimum atomic E-state index is 0.508. The van der Waals surface area contributed by atoms with Crippen molar-refractivity contribution in [3.05, 3.63) is 54.0 Å². The van der Waals surface area contributed by atoms with Gasteiger partial charge in [0.15, 0.2) is 0 Å². The summed E-state index contributed by atoms with van der Waals surface area (Å²) in [5.41, 5.74) is 2.38. The maximum absolute atomic E-state index is 5.78. The zero-order valence-electron chi connectivity index (χ0n) is 12.9. The van der Waals surface area contributed by atoms with Crippen molar-refractivity contribution < 1.29 is 4.74 Å². The molecule has 22 heavy (non-hydrogen) atoms. The average molecular weight is 295 g/mol. The maximum atomic E-state index is 5.78. The third-order valence-electron chi connectivity index (χ3n) is 4.94. The molecule has 0 saturated carbocycles. The highest BCUT2D eigenvalue weighted by Crippen LogP contribution is 2.42. The summed E-state index contributed by atoms with van der Waals surface area (Å²) in [5, 5.41) is 0. The summed E-state index contributed by atoms with van der Waals surface area (Å²) in [4.78, 5) is 11.5. The summed E-state index contributed by atoms with van der Waals surface area (Å²) in [6.45, 7) is 4.70. The van der Waals surface area contributed by atoms with Crippen LogP contribution in [-0.2, 0) is 4.74 Å². The van der Waals surface area contributed by atoms with E-state index in [9.17, 15) is 0 Å². The lowest BCUT2D eigenvalue weighted by molar-refractivity contribution is 0.0461. The normalized spacial score (nSPS) is 27.7. The topological polar surface area (TPSA) is 38.2 Å². The van der Waals surface area contributed by atoms with Crippen LogP contribution in [0.4, 0.5) is 5.82 Å². The Bertz CT molecular complexity index is 646. The Kier molecular flexibility index (Phi) is 3.54. The van der Waals surface area contributed by atoms with Gasteiger partial charge < -0.3 is 9.64 Å². The second-order valence-electron chi connectivity index (χ2n) is 6.28. The molecule has 1 aromatic heterocycles. The van der Waals surface area contributed by atoms with E-state index in [1.54, 1.807) is 0 Å². The number of ether oxygens (including phenoxy) is 1. The van der Waals surface area contributed by atoms with E-state index in [2.05, 4.69) is 40.2 Å². The first kappa shape index (κ1) is 13.7. The Balaban J connectivity index is 1.69. The first-order chi connectivity index (χ1) is 10.8. The molecule has 0 spiro atoms. The molecule has 3 atom stereocenters. The van der Waals surface area contributed by atoms with Crippen molar-refractivity contribution in [2.24, 2.45) is 5.92 Å². The van der Waals surface area contributed by atoms with E-state index < -0.39 is 0 Å². The molecule has 2 saturated heterocycles. The van der Waals surface area contributed by atoms with Gasteiger partial charge in [-0.05, 0) is 18.9 Å². The third kappa shape index (κ3) is 2.37. The Labute approximate surface area is 131 Å². The summed E-state index contributed by atoms with van der Waals surface area (Å²) in [7, 11) is 0. The van der Waals surface area contributed by atoms with Crippen LogP contribution in [0.5, 0.6) is 0 Å². The van der Waals surface area contributed by atoms with Crippen molar-refractivity contribution >= 4 is 5.82 Å². The van der Waals surface area contributed by atoms with Crippen molar-refractivity contribution in [1.29, 1.82) is 0 Å². The molecule has 2 aliphatic heterocycles. The second kappa shape index (κ2) is 5.69. The molecule has 0 amide bonds. The molecular formula is C18H21N3O. The molecule has 114 valence electrons. The van der Waals surface area contributed by atoms with Crippen LogP contribution in [0.2, 0.25) is 0 Å². The standard InChI is InChI=1S/C18H21N3O/c1-13-9-19-10-18(20-13)21-11-15(14-5-3-2-4-6-14)16-12-22-8-7-17(16)21/h2-6,9-10,15-17H,7-8,11-12H2,1H3/t15-,16-,17+/m1/s1. The Morgan fingerprint density at radius 3 is 2.86 bits per heavy atom. The molecule has 0 aliphatic carbocycles. The van der Waals surface area contributed by atoms with Crippen molar-refractivity contribution in [2.75, 3.05) is 24.7 Å². The van der Waals surface area contributed by atoms with Gasteiger partial charge in [-0.15, -0.1) is 0 Å². The van der Waals surface area contributed by atoms with E-state index in [-0.39, 0.29) is 0 Å².